The van der Waals surface area contributed by atoms with Crippen LogP contribution in [-0.4, -0.2) is 41.3 Å². The maximum Gasteiger partial charge on any atom is 0.269 e. The van der Waals surface area contributed by atoms with Crippen molar-refractivity contribution in [1.29, 1.82) is 0 Å². The highest BCUT2D eigenvalue weighted by molar-refractivity contribution is 5.95. The minimum absolute atomic E-state index is 0.279. The zero-order valence-corrected chi connectivity index (χ0v) is 11.6. The van der Waals surface area contributed by atoms with Crippen molar-refractivity contribution in [3.63, 3.8) is 0 Å². The molecule has 0 saturated heterocycles. The van der Waals surface area contributed by atoms with Gasteiger partial charge in [-0.05, 0) is 19.2 Å². The number of carbonyl (C=O) groups excluding carboxylic acids is 1. The number of hydrogen-bond donors (Lipinski definition) is 4. The summed E-state index contributed by atoms with van der Waals surface area (Å²) in [4.78, 5) is 17.9. The molecule has 0 bridgehead atoms. The van der Waals surface area contributed by atoms with Gasteiger partial charge in [-0.3, -0.25) is 14.5 Å². The largest absolute Gasteiger partial charge is 0.364 e. The standard InChI is InChI=1S/C12H19N7O/c1-14-6-9-4-3-5-19(9)18(2)8-17-12-10(11(13)20)15-7-16-12/h3-5,7,14,17H,6,8H2,1-2H3,(H2,13,20)(H,15,16). The molecule has 5 N–H and O–H groups in total. The summed E-state index contributed by atoms with van der Waals surface area (Å²) in [6, 6.07) is 4.02. The summed E-state index contributed by atoms with van der Waals surface area (Å²) >= 11 is 0. The number of amides is 1. The van der Waals surface area contributed by atoms with Crippen LogP contribution in [0.15, 0.2) is 24.7 Å². The Bertz CT molecular complexity index is 574. The van der Waals surface area contributed by atoms with E-state index in [1.54, 1.807) is 0 Å². The first-order chi connectivity index (χ1) is 9.63. The number of H-pyrrole nitrogens is 1. The van der Waals surface area contributed by atoms with E-state index in [0.717, 1.165) is 12.2 Å². The number of anilines is 1. The number of aromatic amines is 1. The van der Waals surface area contributed by atoms with Crippen molar-refractivity contribution in [1.82, 2.24) is 20.0 Å². The lowest BCUT2D eigenvalue weighted by Gasteiger charge is -2.24. The van der Waals surface area contributed by atoms with Crippen LogP contribution in [0.2, 0.25) is 0 Å². The van der Waals surface area contributed by atoms with E-state index < -0.39 is 5.91 Å². The molecule has 108 valence electrons. The molecule has 0 radical (unpaired) electrons. The van der Waals surface area contributed by atoms with Crippen molar-refractivity contribution in [3.05, 3.63) is 36.0 Å². The Morgan fingerprint density at radius 3 is 3.10 bits per heavy atom. The molecule has 0 spiro atoms. The fourth-order valence-electron chi connectivity index (χ4n) is 1.94. The fraction of sp³-hybridized carbons (Fsp3) is 0.333. The van der Waals surface area contributed by atoms with Crippen LogP contribution in [0.1, 0.15) is 16.2 Å². The molecule has 2 rings (SSSR count). The molecule has 0 aliphatic carbocycles. The summed E-state index contributed by atoms with van der Waals surface area (Å²) in [5.74, 6) is -0.0869. The molecule has 8 nitrogen and oxygen atoms in total. The minimum atomic E-state index is -0.538. The van der Waals surface area contributed by atoms with Crippen LogP contribution in [0.3, 0.4) is 0 Å². The quantitative estimate of drug-likeness (QED) is 0.519. The fourth-order valence-corrected chi connectivity index (χ4v) is 1.94. The van der Waals surface area contributed by atoms with Crippen LogP contribution in [0.25, 0.3) is 0 Å². The summed E-state index contributed by atoms with van der Waals surface area (Å²) in [5.41, 5.74) is 6.66. The lowest BCUT2D eigenvalue weighted by Crippen LogP contribution is -2.36. The number of hydrogen-bond acceptors (Lipinski definition) is 5. The number of aromatic nitrogens is 3. The Labute approximate surface area is 116 Å². The van der Waals surface area contributed by atoms with Crippen molar-refractivity contribution in [2.75, 3.05) is 31.1 Å². The summed E-state index contributed by atoms with van der Waals surface area (Å²) in [6.07, 6.45) is 3.40. The number of nitrogens with two attached hydrogens (primary N) is 1. The van der Waals surface area contributed by atoms with Crippen LogP contribution in [0, 0.1) is 0 Å². The third kappa shape index (κ3) is 2.91. The lowest BCUT2D eigenvalue weighted by atomic mass is 10.4. The van der Waals surface area contributed by atoms with E-state index in [9.17, 15) is 4.79 Å². The first-order valence-corrected chi connectivity index (χ1v) is 6.22. The monoisotopic (exact) mass is 277 g/mol. The van der Waals surface area contributed by atoms with Gasteiger partial charge in [0, 0.05) is 19.8 Å². The third-order valence-corrected chi connectivity index (χ3v) is 2.90. The maximum absolute atomic E-state index is 11.2. The van der Waals surface area contributed by atoms with Gasteiger partial charge in [-0.25, -0.2) is 4.98 Å². The Morgan fingerprint density at radius 2 is 2.40 bits per heavy atom. The Balaban J connectivity index is 2.01. The van der Waals surface area contributed by atoms with Gasteiger partial charge in [-0.2, -0.15) is 0 Å². The zero-order valence-electron chi connectivity index (χ0n) is 11.6. The lowest BCUT2D eigenvalue weighted by molar-refractivity contribution is 0.0997. The number of imidazole rings is 1. The van der Waals surface area contributed by atoms with E-state index in [2.05, 4.69) is 20.6 Å². The average molecular weight is 277 g/mol. The van der Waals surface area contributed by atoms with Gasteiger partial charge < -0.3 is 21.4 Å². The molecule has 8 heteroatoms. The summed E-state index contributed by atoms with van der Waals surface area (Å²) in [5, 5.41) is 8.15. The molecule has 1 amide bonds. The molecule has 2 aromatic heterocycles. The van der Waals surface area contributed by atoms with Crippen LogP contribution in [0.4, 0.5) is 5.82 Å². The molecule has 2 aromatic rings. The predicted molar refractivity (Wildman–Crippen MR) is 76.9 cm³/mol. The molecule has 2 heterocycles. The molecule has 0 saturated carbocycles. The van der Waals surface area contributed by atoms with E-state index in [1.807, 2.05) is 42.1 Å². The van der Waals surface area contributed by atoms with Gasteiger partial charge in [0.05, 0.1) is 12.0 Å². The Kier molecular flexibility index (Phi) is 4.26. The van der Waals surface area contributed by atoms with Crippen molar-refractivity contribution in [3.8, 4) is 0 Å². The van der Waals surface area contributed by atoms with Gasteiger partial charge in [0.25, 0.3) is 5.91 Å². The second kappa shape index (κ2) is 6.11. The molecular weight excluding hydrogens is 258 g/mol. The van der Waals surface area contributed by atoms with Gasteiger partial charge >= 0.3 is 0 Å². The maximum atomic E-state index is 11.2. The number of primary amides is 1. The molecule has 20 heavy (non-hydrogen) atoms. The number of rotatable bonds is 7. The average Bonchev–Trinajstić information content (AvgIpc) is 3.04. The first-order valence-electron chi connectivity index (χ1n) is 6.22. The topological polar surface area (TPSA) is 104 Å². The zero-order chi connectivity index (χ0) is 14.5. The highest BCUT2D eigenvalue weighted by Gasteiger charge is 2.11. The number of nitrogens with one attached hydrogen (secondary N) is 3. The van der Waals surface area contributed by atoms with E-state index in [-0.39, 0.29) is 5.69 Å². The van der Waals surface area contributed by atoms with Gasteiger partial charge in [0.2, 0.25) is 0 Å². The molecule has 0 aliphatic rings. The Morgan fingerprint density at radius 1 is 1.60 bits per heavy atom. The Hall–Kier alpha value is -2.48. The second-order valence-corrected chi connectivity index (χ2v) is 4.36. The van der Waals surface area contributed by atoms with E-state index in [1.165, 1.54) is 6.33 Å². The number of carbonyl (C=O) groups is 1. The van der Waals surface area contributed by atoms with Crippen LogP contribution in [-0.2, 0) is 6.54 Å². The van der Waals surface area contributed by atoms with Crippen LogP contribution >= 0.6 is 0 Å². The summed E-state index contributed by atoms with van der Waals surface area (Å²) < 4.78 is 2.01. The normalized spacial score (nSPS) is 10.5. The summed E-state index contributed by atoms with van der Waals surface area (Å²) in [7, 11) is 3.83. The van der Waals surface area contributed by atoms with Crippen molar-refractivity contribution in [2.45, 2.75) is 6.54 Å². The minimum Gasteiger partial charge on any atom is -0.364 e. The molecule has 0 fully saturated rings. The van der Waals surface area contributed by atoms with Gasteiger partial charge in [-0.15, -0.1) is 0 Å². The molecule has 0 atom stereocenters. The van der Waals surface area contributed by atoms with Crippen molar-refractivity contribution >= 4 is 11.7 Å². The highest BCUT2D eigenvalue weighted by Crippen LogP contribution is 2.08. The van der Waals surface area contributed by atoms with Crippen molar-refractivity contribution in [2.24, 2.45) is 5.73 Å². The third-order valence-electron chi connectivity index (χ3n) is 2.90. The second-order valence-electron chi connectivity index (χ2n) is 4.36. The number of nitrogens with zero attached hydrogens (tertiary/aromatic N) is 3. The van der Waals surface area contributed by atoms with E-state index >= 15 is 0 Å². The predicted octanol–water partition coefficient (Wildman–Crippen LogP) is -0.333. The van der Waals surface area contributed by atoms with E-state index in [0.29, 0.717) is 12.5 Å². The van der Waals surface area contributed by atoms with Gasteiger partial charge in [0.1, 0.15) is 12.4 Å². The van der Waals surface area contributed by atoms with Crippen molar-refractivity contribution < 1.29 is 4.79 Å². The smallest absolute Gasteiger partial charge is 0.269 e. The van der Waals surface area contributed by atoms with Gasteiger partial charge in [-0.1, -0.05) is 0 Å². The first kappa shape index (κ1) is 13.9. The molecular formula is C12H19N7O. The highest BCUT2D eigenvalue weighted by atomic mass is 16.1. The SMILES string of the molecule is CNCc1cccn1N(C)CNc1nc[nH]c1C(N)=O. The molecule has 0 unspecified atom stereocenters. The molecule has 0 aliphatic heterocycles. The van der Waals surface area contributed by atoms with E-state index in [4.69, 9.17) is 5.73 Å². The van der Waals surface area contributed by atoms with Gasteiger partial charge in [0.15, 0.2) is 5.82 Å². The summed E-state index contributed by atoms with van der Waals surface area (Å²) in [6.45, 7) is 1.25. The van der Waals surface area contributed by atoms with Crippen LogP contribution in [0.5, 0.6) is 0 Å². The van der Waals surface area contributed by atoms with Crippen LogP contribution < -0.4 is 21.4 Å². The molecule has 0 aromatic carbocycles.